The Balaban J connectivity index is 1.51. The van der Waals surface area contributed by atoms with E-state index in [-0.39, 0.29) is 6.98 Å². The molecule has 2 aromatic carbocycles. The van der Waals surface area contributed by atoms with Crippen molar-refractivity contribution in [3.8, 4) is 0 Å². The highest BCUT2D eigenvalue weighted by Crippen LogP contribution is 2.35. The van der Waals surface area contributed by atoms with Gasteiger partial charge in [0.25, 0.3) is 0 Å². The Morgan fingerprint density at radius 1 is 0.963 bits per heavy atom. The van der Waals surface area contributed by atoms with E-state index in [4.69, 9.17) is 4.74 Å². The van der Waals surface area contributed by atoms with Gasteiger partial charge in [0.15, 0.2) is 0 Å². The Morgan fingerprint density at radius 3 is 2.30 bits per heavy atom. The van der Waals surface area contributed by atoms with Crippen LogP contribution in [0.3, 0.4) is 0 Å². The molecule has 0 aliphatic carbocycles. The van der Waals surface area contributed by atoms with Crippen LogP contribution in [0.15, 0.2) is 36.4 Å². The van der Waals surface area contributed by atoms with Crippen LogP contribution < -0.4 is 10.5 Å². The third-order valence-corrected chi connectivity index (χ3v) is 6.03. The Labute approximate surface area is 163 Å². The molecule has 2 heterocycles. The van der Waals surface area contributed by atoms with Gasteiger partial charge in [0, 0.05) is 35.8 Å². The normalized spacial score (nSPS) is 18.2. The van der Waals surface area contributed by atoms with Gasteiger partial charge in [0.2, 0.25) is 0 Å². The van der Waals surface area contributed by atoms with Crippen LogP contribution in [0.1, 0.15) is 45.4 Å². The van der Waals surface area contributed by atoms with Crippen LogP contribution in [-0.2, 0) is 4.74 Å². The molecule has 2 aliphatic heterocycles. The van der Waals surface area contributed by atoms with Gasteiger partial charge in [0.05, 0.1) is 13.2 Å². The lowest BCUT2D eigenvalue weighted by Gasteiger charge is -2.40. The number of nitrogens with one attached hydrogen (secondary N) is 2. The van der Waals surface area contributed by atoms with E-state index in [1.807, 2.05) is 0 Å². The number of hydrogen-bond acceptors (Lipinski definition) is 4. The SMILES string of the molecule is CCCCCCC[C@@H](B1Nc2cccc3cccc(c23)N1)N1CCOCC1. The summed E-state index contributed by atoms with van der Waals surface area (Å²) in [5.74, 6) is 0.485. The Bertz CT molecular complexity index is 707. The monoisotopic (exact) mass is 365 g/mol. The zero-order valence-corrected chi connectivity index (χ0v) is 16.5. The van der Waals surface area contributed by atoms with E-state index in [9.17, 15) is 0 Å². The first-order chi connectivity index (χ1) is 13.4. The average molecular weight is 365 g/mol. The van der Waals surface area contributed by atoms with Gasteiger partial charge in [0.1, 0.15) is 0 Å². The van der Waals surface area contributed by atoms with Gasteiger partial charge in [-0.15, -0.1) is 0 Å². The fourth-order valence-electron chi connectivity index (χ4n) is 4.57. The molecule has 0 saturated carbocycles. The first kappa shape index (κ1) is 18.6. The van der Waals surface area contributed by atoms with Gasteiger partial charge < -0.3 is 15.2 Å². The molecule has 0 bridgehead atoms. The van der Waals surface area contributed by atoms with E-state index >= 15 is 0 Å². The van der Waals surface area contributed by atoms with Crippen LogP contribution in [0.4, 0.5) is 11.4 Å². The number of morpholine rings is 1. The standard InChI is InChI=1S/C22H32BN3O/c1-2-3-4-5-6-13-21(26-14-16-27-17-15-26)23-24-19-11-7-9-18-10-8-12-20(25-23)22(18)19/h7-12,21,24-25H,2-6,13-17H2,1H3/t21-/m0/s1. The lowest BCUT2D eigenvalue weighted by molar-refractivity contribution is 0.0285. The van der Waals surface area contributed by atoms with Crippen LogP contribution >= 0.6 is 0 Å². The highest BCUT2D eigenvalue weighted by atomic mass is 16.5. The molecule has 1 fully saturated rings. The number of ether oxygens (including phenoxy) is 1. The molecule has 1 atom stereocenters. The van der Waals surface area contributed by atoms with Gasteiger partial charge in [-0.1, -0.05) is 63.3 Å². The Morgan fingerprint density at radius 2 is 1.63 bits per heavy atom. The molecule has 4 nitrogen and oxygen atoms in total. The first-order valence-electron chi connectivity index (χ1n) is 10.7. The molecule has 2 aliphatic rings. The van der Waals surface area contributed by atoms with Crippen molar-refractivity contribution >= 4 is 29.1 Å². The number of hydrogen-bond donors (Lipinski definition) is 2. The maximum Gasteiger partial charge on any atom is 0.388 e. The second kappa shape index (κ2) is 8.98. The predicted octanol–water partition coefficient (Wildman–Crippen LogP) is 4.77. The summed E-state index contributed by atoms with van der Waals surface area (Å²) in [5, 5.41) is 10.3. The number of benzene rings is 2. The van der Waals surface area contributed by atoms with E-state index in [1.165, 1.54) is 60.7 Å². The molecule has 5 heteroatoms. The van der Waals surface area contributed by atoms with Crippen molar-refractivity contribution in [2.75, 3.05) is 36.8 Å². The van der Waals surface area contributed by atoms with Crippen LogP contribution in [0, 0.1) is 0 Å². The van der Waals surface area contributed by atoms with Crippen molar-refractivity contribution in [3.05, 3.63) is 36.4 Å². The minimum absolute atomic E-state index is 0.245. The van der Waals surface area contributed by atoms with Crippen LogP contribution in [0.25, 0.3) is 10.8 Å². The smallest absolute Gasteiger partial charge is 0.388 e. The minimum Gasteiger partial charge on any atom is -0.408 e. The number of anilines is 2. The summed E-state index contributed by atoms with van der Waals surface area (Å²) in [6, 6.07) is 13.1. The van der Waals surface area contributed by atoms with Crippen molar-refractivity contribution < 1.29 is 4.74 Å². The largest absolute Gasteiger partial charge is 0.408 e. The molecule has 2 N–H and O–H groups in total. The van der Waals surface area contributed by atoms with Crippen LogP contribution in [0.5, 0.6) is 0 Å². The fourth-order valence-corrected chi connectivity index (χ4v) is 4.57. The summed E-state index contributed by atoms with van der Waals surface area (Å²) < 4.78 is 5.62. The van der Waals surface area contributed by atoms with Crippen LogP contribution in [0.2, 0.25) is 0 Å². The molecule has 0 amide bonds. The maximum absolute atomic E-state index is 5.62. The summed E-state index contributed by atoms with van der Waals surface area (Å²) in [4.78, 5) is 2.63. The van der Waals surface area contributed by atoms with Crippen molar-refractivity contribution in [3.63, 3.8) is 0 Å². The molecular formula is C22H32BN3O. The van der Waals surface area contributed by atoms with Gasteiger partial charge in [-0.25, -0.2) is 0 Å². The van der Waals surface area contributed by atoms with E-state index < -0.39 is 0 Å². The second-order valence-electron chi connectivity index (χ2n) is 7.89. The molecule has 0 radical (unpaired) electrons. The van der Waals surface area contributed by atoms with Gasteiger partial charge in [-0.3, -0.25) is 4.90 Å². The summed E-state index contributed by atoms with van der Waals surface area (Å²) in [6.45, 7) is 6.30. The third kappa shape index (κ3) is 4.25. The minimum atomic E-state index is 0.245. The van der Waals surface area contributed by atoms with Crippen molar-refractivity contribution in [1.82, 2.24) is 4.90 Å². The average Bonchev–Trinajstić information content (AvgIpc) is 2.72. The molecular weight excluding hydrogens is 333 g/mol. The Kier molecular flexibility index (Phi) is 6.20. The third-order valence-electron chi connectivity index (χ3n) is 6.03. The van der Waals surface area contributed by atoms with E-state index in [2.05, 4.69) is 58.7 Å². The van der Waals surface area contributed by atoms with Crippen molar-refractivity contribution in [2.24, 2.45) is 0 Å². The van der Waals surface area contributed by atoms with E-state index in [0.717, 1.165) is 26.3 Å². The molecule has 144 valence electrons. The topological polar surface area (TPSA) is 36.5 Å². The zero-order chi connectivity index (χ0) is 18.5. The zero-order valence-electron chi connectivity index (χ0n) is 16.5. The van der Waals surface area contributed by atoms with Crippen molar-refractivity contribution in [1.29, 1.82) is 0 Å². The highest BCUT2D eigenvalue weighted by Gasteiger charge is 2.35. The molecule has 27 heavy (non-hydrogen) atoms. The van der Waals surface area contributed by atoms with E-state index in [0.29, 0.717) is 5.94 Å². The molecule has 2 aromatic rings. The summed E-state index contributed by atoms with van der Waals surface area (Å²) >= 11 is 0. The number of nitrogens with zero attached hydrogens (tertiary/aromatic N) is 1. The summed E-state index contributed by atoms with van der Waals surface area (Å²) in [6.07, 6.45) is 7.89. The Hall–Kier alpha value is -1.72. The highest BCUT2D eigenvalue weighted by molar-refractivity contribution is 6.69. The summed E-state index contributed by atoms with van der Waals surface area (Å²) in [7, 11) is 0. The van der Waals surface area contributed by atoms with Crippen LogP contribution in [-0.4, -0.2) is 44.1 Å². The lowest BCUT2D eigenvalue weighted by Crippen LogP contribution is -2.58. The maximum atomic E-state index is 5.62. The summed E-state index contributed by atoms with van der Waals surface area (Å²) in [5.41, 5.74) is 2.52. The van der Waals surface area contributed by atoms with E-state index in [1.54, 1.807) is 0 Å². The fraction of sp³-hybridized carbons (Fsp3) is 0.545. The second-order valence-corrected chi connectivity index (χ2v) is 7.89. The molecule has 0 aromatic heterocycles. The quantitative estimate of drug-likeness (QED) is 0.522. The molecule has 4 rings (SSSR count). The first-order valence-corrected chi connectivity index (χ1v) is 10.7. The molecule has 0 unspecified atom stereocenters. The molecule has 0 spiro atoms. The van der Waals surface area contributed by atoms with Gasteiger partial charge in [-0.05, 0) is 23.9 Å². The molecule has 1 saturated heterocycles. The number of unbranched alkanes of at least 4 members (excludes halogenated alkanes) is 4. The van der Waals surface area contributed by atoms with Crippen molar-refractivity contribution in [2.45, 2.75) is 51.4 Å². The van der Waals surface area contributed by atoms with Gasteiger partial charge >= 0.3 is 6.98 Å². The number of rotatable bonds is 8. The lowest BCUT2D eigenvalue weighted by atomic mass is 9.62. The van der Waals surface area contributed by atoms with Gasteiger partial charge in [-0.2, -0.15) is 0 Å². The predicted molar refractivity (Wildman–Crippen MR) is 117 cm³/mol.